The maximum Gasteiger partial charge on any atom is 0.434 e. The fourth-order valence-corrected chi connectivity index (χ4v) is 10.5. The van der Waals surface area contributed by atoms with Crippen LogP contribution in [0.5, 0.6) is 0 Å². The average molecular weight is 530 g/mol. The van der Waals surface area contributed by atoms with E-state index >= 15 is 0 Å². The molecular weight excluding hydrogens is 502 g/mol. The summed E-state index contributed by atoms with van der Waals surface area (Å²) in [6, 6.07) is 19.1. The molecule has 7 aliphatic rings. The molecule has 2 aromatic heterocycles. The Morgan fingerprint density at radius 1 is 0.610 bits per heavy atom. The summed E-state index contributed by atoms with van der Waals surface area (Å²) in [5.41, 5.74) is 19.8. The van der Waals surface area contributed by atoms with E-state index in [0.29, 0.717) is 0 Å². The van der Waals surface area contributed by atoms with Gasteiger partial charge in [-0.3, -0.25) is 4.98 Å². The van der Waals surface area contributed by atoms with E-state index in [4.69, 9.17) is 4.98 Å². The van der Waals surface area contributed by atoms with E-state index < -0.39 is 11.3 Å². The molecule has 0 saturated heterocycles. The second-order valence-electron chi connectivity index (χ2n) is 13.1. The lowest BCUT2D eigenvalue weighted by Crippen LogP contribution is -2.81. The summed E-state index contributed by atoms with van der Waals surface area (Å²) in [6.07, 6.45) is 13.1. The molecule has 5 aromatic rings. The van der Waals surface area contributed by atoms with Crippen molar-refractivity contribution in [2.75, 3.05) is 13.1 Å². The Bertz CT molecular complexity index is 2000. The van der Waals surface area contributed by atoms with Gasteiger partial charge in [0, 0.05) is 31.9 Å². The SMILES string of the molecule is c1cc2c3c(c1)Cc1ccc4c5c1C3(NCC2)[n+]1ccc[n+]2c1C5c1c-4ccc3c1C21NCCc2cncc(c21)C3. The Morgan fingerprint density at radius 2 is 1.20 bits per heavy atom. The van der Waals surface area contributed by atoms with Crippen LogP contribution in [0.2, 0.25) is 0 Å². The monoisotopic (exact) mass is 529 g/mol. The van der Waals surface area contributed by atoms with Crippen molar-refractivity contribution in [3.05, 3.63) is 146 Å². The molecule has 0 saturated carbocycles. The Morgan fingerprint density at radius 3 is 1.93 bits per heavy atom. The summed E-state index contributed by atoms with van der Waals surface area (Å²) in [7, 11) is 0. The zero-order valence-electron chi connectivity index (χ0n) is 22.6. The number of rotatable bonds is 0. The van der Waals surface area contributed by atoms with Gasteiger partial charge in [-0.05, 0) is 74.9 Å². The van der Waals surface area contributed by atoms with Crippen molar-refractivity contribution in [3.63, 3.8) is 0 Å². The van der Waals surface area contributed by atoms with E-state index in [2.05, 4.69) is 93.1 Å². The van der Waals surface area contributed by atoms with Crippen LogP contribution in [0.25, 0.3) is 11.1 Å². The second kappa shape index (κ2) is 6.33. The molecule has 5 heteroatoms. The van der Waals surface area contributed by atoms with Crippen LogP contribution in [0.15, 0.2) is 73.3 Å². The maximum atomic E-state index is 4.73. The molecule has 41 heavy (non-hydrogen) atoms. The van der Waals surface area contributed by atoms with Crippen LogP contribution in [-0.2, 0) is 37.0 Å². The van der Waals surface area contributed by atoms with Crippen molar-refractivity contribution in [1.82, 2.24) is 15.6 Å². The summed E-state index contributed by atoms with van der Waals surface area (Å²) in [6.45, 7) is 1.90. The molecule has 194 valence electrons. The first kappa shape index (κ1) is 20.7. The van der Waals surface area contributed by atoms with E-state index in [0.717, 1.165) is 38.8 Å². The quantitative estimate of drug-likeness (QED) is 0.298. The zero-order valence-corrected chi connectivity index (χ0v) is 22.6. The molecule has 12 rings (SSSR count). The van der Waals surface area contributed by atoms with Gasteiger partial charge < -0.3 is 0 Å². The van der Waals surface area contributed by atoms with Gasteiger partial charge in [0.05, 0.1) is 28.3 Å². The van der Waals surface area contributed by atoms with Gasteiger partial charge in [0.15, 0.2) is 18.3 Å². The molecule has 0 radical (unpaired) electrons. The van der Waals surface area contributed by atoms with Gasteiger partial charge in [0.25, 0.3) is 11.3 Å². The number of fused-ring (bicyclic) bond motifs is 1. The summed E-state index contributed by atoms with van der Waals surface area (Å²) in [5.74, 6) is 1.62. The van der Waals surface area contributed by atoms with Crippen molar-refractivity contribution >= 4 is 0 Å². The van der Waals surface area contributed by atoms with Crippen LogP contribution >= 0.6 is 0 Å². The van der Waals surface area contributed by atoms with E-state index in [-0.39, 0.29) is 5.92 Å². The van der Waals surface area contributed by atoms with Gasteiger partial charge in [-0.25, -0.2) is 10.6 Å². The number of nitrogens with zero attached hydrogens (tertiary/aromatic N) is 3. The Labute approximate surface area is 237 Å². The normalized spacial score (nSPS) is 26.7. The molecule has 2 spiro atoms. The van der Waals surface area contributed by atoms with Crippen molar-refractivity contribution in [2.24, 2.45) is 0 Å². The van der Waals surface area contributed by atoms with Gasteiger partial charge in [0.2, 0.25) is 0 Å². The molecule has 3 atom stereocenters. The van der Waals surface area contributed by atoms with Crippen LogP contribution in [0.3, 0.4) is 0 Å². The van der Waals surface area contributed by atoms with Crippen molar-refractivity contribution < 1.29 is 9.13 Å². The highest BCUT2D eigenvalue weighted by Crippen LogP contribution is 2.61. The summed E-state index contributed by atoms with van der Waals surface area (Å²) in [4.78, 5) is 4.73. The lowest BCUT2D eigenvalue weighted by molar-refractivity contribution is -0.886. The zero-order chi connectivity index (χ0) is 26.2. The maximum absolute atomic E-state index is 4.73. The molecule has 0 amide bonds. The summed E-state index contributed by atoms with van der Waals surface area (Å²) in [5, 5.41) is 8.36. The third kappa shape index (κ3) is 1.93. The standard InChI is InChI=1S/C36H27N5/c1-3-19-9-11-38-35-30(19)20(4-1)15-21-5-7-25-26-8-6-22-16-24-18-37-17-23-10-12-39-36(31(23)24)33(22)28(26)29(27(25)32(21)35)34-40(35)13-2-14-41(34)36/h1-8,13-14,17-18,29,38-39H,9-12,15-16H2/q+2. The molecule has 0 bridgehead atoms. The van der Waals surface area contributed by atoms with Gasteiger partial charge in [0.1, 0.15) is 0 Å². The topological polar surface area (TPSA) is 44.7 Å². The van der Waals surface area contributed by atoms with Gasteiger partial charge in [-0.15, -0.1) is 9.13 Å². The van der Waals surface area contributed by atoms with Crippen molar-refractivity contribution in [2.45, 2.75) is 42.9 Å². The number of benzene rings is 3. The first-order valence-corrected chi connectivity index (χ1v) is 15.2. The molecule has 3 unspecified atom stereocenters. The van der Waals surface area contributed by atoms with Crippen molar-refractivity contribution in [3.8, 4) is 11.1 Å². The highest BCUT2D eigenvalue weighted by molar-refractivity contribution is 5.86. The third-order valence-electron chi connectivity index (χ3n) is 11.6. The first-order chi connectivity index (χ1) is 20.3. The molecule has 6 heterocycles. The fraction of sp³-hybridized carbons (Fsp3) is 0.250. The number of hydrogen-bond donors (Lipinski definition) is 2. The second-order valence-corrected chi connectivity index (χ2v) is 13.1. The van der Waals surface area contributed by atoms with Crippen molar-refractivity contribution in [1.29, 1.82) is 0 Å². The van der Waals surface area contributed by atoms with E-state index in [9.17, 15) is 0 Å². The Hall–Kier alpha value is -4.19. The Balaban J connectivity index is 1.34. The molecule has 3 aliphatic carbocycles. The molecule has 5 nitrogen and oxygen atoms in total. The lowest BCUT2D eigenvalue weighted by atomic mass is 9.65. The molecule has 0 fully saturated rings. The predicted molar refractivity (Wildman–Crippen MR) is 152 cm³/mol. The summed E-state index contributed by atoms with van der Waals surface area (Å²) >= 11 is 0. The van der Waals surface area contributed by atoms with Gasteiger partial charge in [-0.1, -0.05) is 42.5 Å². The number of aromatic nitrogens is 3. The minimum atomic E-state index is -0.426. The molecule has 4 aliphatic heterocycles. The van der Waals surface area contributed by atoms with Crippen LogP contribution in [0.1, 0.15) is 78.5 Å². The van der Waals surface area contributed by atoms with E-state index in [1.807, 2.05) is 0 Å². The molecule has 3 aromatic carbocycles. The largest absolute Gasteiger partial charge is 0.434 e. The predicted octanol–water partition coefficient (Wildman–Crippen LogP) is 3.04. The lowest BCUT2D eigenvalue weighted by Gasteiger charge is -2.47. The molecular formula is C36H27N5+2. The molecule has 2 N–H and O–H groups in total. The minimum absolute atomic E-state index is 0.232. The van der Waals surface area contributed by atoms with E-state index in [1.54, 1.807) is 11.1 Å². The third-order valence-corrected chi connectivity index (χ3v) is 11.6. The van der Waals surface area contributed by atoms with Crippen LogP contribution in [0, 0.1) is 0 Å². The van der Waals surface area contributed by atoms with Gasteiger partial charge >= 0.3 is 5.82 Å². The van der Waals surface area contributed by atoms with Crippen LogP contribution in [0.4, 0.5) is 0 Å². The summed E-state index contributed by atoms with van der Waals surface area (Å²) < 4.78 is 5.32. The smallest absolute Gasteiger partial charge is 0.264 e. The minimum Gasteiger partial charge on any atom is -0.264 e. The first-order valence-electron chi connectivity index (χ1n) is 15.2. The number of hydrogen-bond acceptors (Lipinski definition) is 3. The average Bonchev–Trinajstić information content (AvgIpc) is 3.35. The van der Waals surface area contributed by atoms with Gasteiger partial charge in [-0.2, -0.15) is 0 Å². The highest BCUT2D eigenvalue weighted by Gasteiger charge is 2.70. The number of nitrogens with one attached hydrogen (secondary N) is 2. The fourth-order valence-electron chi connectivity index (χ4n) is 10.5. The van der Waals surface area contributed by atoms with Crippen LogP contribution in [-0.4, -0.2) is 18.1 Å². The number of pyridine rings is 1. The van der Waals surface area contributed by atoms with Crippen LogP contribution < -0.4 is 19.8 Å². The highest BCUT2D eigenvalue weighted by atomic mass is 15.4. The Kier molecular flexibility index (Phi) is 3.19. The van der Waals surface area contributed by atoms with E-state index in [1.165, 1.54) is 72.6 Å².